The number of aromatic nitrogens is 2. The molecule has 4 aliphatic heterocycles. The number of nitrogens with zero attached hydrogens (tertiary/aromatic N) is 4. The maximum absolute atomic E-state index is 12.9. The van der Waals surface area contributed by atoms with Crippen LogP contribution in [0.5, 0.6) is 0 Å². The Morgan fingerprint density at radius 1 is 1.19 bits per heavy atom. The first-order valence-corrected chi connectivity index (χ1v) is 11.4. The zero-order chi connectivity index (χ0) is 21.5. The van der Waals surface area contributed by atoms with E-state index >= 15 is 0 Å². The second-order valence-corrected chi connectivity index (χ2v) is 9.41. The molecule has 4 saturated heterocycles. The topological polar surface area (TPSA) is 108 Å². The molecule has 1 aromatic heterocycles. The van der Waals surface area contributed by atoms with E-state index in [1.165, 1.54) is 0 Å². The maximum atomic E-state index is 12.9. The minimum Gasteiger partial charge on any atom is -0.356 e. The normalized spacial score (nSPS) is 32.5. The molecule has 5 atom stereocenters. The van der Waals surface area contributed by atoms with Gasteiger partial charge < -0.3 is 20.4 Å². The van der Waals surface area contributed by atoms with Crippen molar-refractivity contribution in [1.29, 1.82) is 0 Å². The van der Waals surface area contributed by atoms with Crippen molar-refractivity contribution in [3.63, 3.8) is 0 Å². The Balaban J connectivity index is 1.35. The zero-order valence-corrected chi connectivity index (χ0v) is 17.9. The molecule has 166 valence electrons. The summed E-state index contributed by atoms with van der Waals surface area (Å²) in [4.78, 5) is 50.2. The van der Waals surface area contributed by atoms with Crippen LogP contribution in [0.1, 0.15) is 44.2 Å². The van der Waals surface area contributed by atoms with Crippen molar-refractivity contribution in [2.45, 2.75) is 63.6 Å². The largest absolute Gasteiger partial charge is 0.356 e. The van der Waals surface area contributed by atoms with E-state index in [0.29, 0.717) is 31.7 Å². The average Bonchev–Trinajstić information content (AvgIpc) is 3.20. The van der Waals surface area contributed by atoms with Gasteiger partial charge in [0.1, 0.15) is 18.2 Å². The molecule has 3 amide bonds. The number of hydrogen-bond donors (Lipinski definition) is 2. The number of carbonyl (C=O) groups is 3. The Bertz CT molecular complexity index is 892. The van der Waals surface area contributed by atoms with Crippen LogP contribution >= 0.6 is 0 Å². The molecule has 2 N–H and O–H groups in total. The molecule has 0 aromatic carbocycles. The summed E-state index contributed by atoms with van der Waals surface area (Å²) in [6, 6.07) is 1.76. The van der Waals surface area contributed by atoms with E-state index in [-0.39, 0.29) is 35.7 Å². The molecule has 4 fully saturated rings. The number of amides is 3. The molecular formula is C22H30N6O3. The van der Waals surface area contributed by atoms with Crippen LogP contribution in [0.3, 0.4) is 0 Å². The number of nitrogens with one attached hydrogen (secondary N) is 2. The summed E-state index contributed by atoms with van der Waals surface area (Å²) in [5.41, 5.74) is 0.942. The molecule has 0 saturated carbocycles. The van der Waals surface area contributed by atoms with Gasteiger partial charge in [-0.15, -0.1) is 0 Å². The first kappa shape index (κ1) is 20.2. The summed E-state index contributed by atoms with van der Waals surface area (Å²) in [5.74, 6) is 1.62. The molecule has 0 spiro atoms. The number of piperidine rings is 3. The molecule has 31 heavy (non-hydrogen) atoms. The summed E-state index contributed by atoms with van der Waals surface area (Å²) in [6.45, 7) is 4.11. The summed E-state index contributed by atoms with van der Waals surface area (Å²) in [6.07, 6.45) is 6.14. The van der Waals surface area contributed by atoms with Gasteiger partial charge in [0.2, 0.25) is 17.7 Å². The molecule has 2 bridgehead atoms. The highest BCUT2D eigenvalue weighted by atomic mass is 16.2. The minimum atomic E-state index is -0.455. The van der Waals surface area contributed by atoms with Crippen molar-refractivity contribution in [1.82, 2.24) is 25.5 Å². The number of fused-ring (bicyclic) bond motifs is 4. The number of aryl methyl sites for hydroxylation is 1. The molecule has 5 heterocycles. The van der Waals surface area contributed by atoms with Crippen molar-refractivity contribution >= 4 is 23.5 Å². The van der Waals surface area contributed by atoms with Crippen molar-refractivity contribution in [3.8, 4) is 0 Å². The van der Waals surface area contributed by atoms with Gasteiger partial charge in [-0.1, -0.05) is 0 Å². The van der Waals surface area contributed by atoms with Crippen molar-refractivity contribution in [2.24, 2.45) is 11.8 Å². The number of hydrogen-bond acceptors (Lipinski definition) is 6. The SMILES string of the molecule is Cc1cc(N2C[C@H]3C[C@@H](C2)[C@H](CNC(=O)[C@H]2CCC(=O)N2)N2C(=O)CCC[C@@H]32)ncn1. The van der Waals surface area contributed by atoms with Gasteiger partial charge in [-0.2, -0.15) is 0 Å². The lowest BCUT2D eigenvalue weighted by Gasteiger charge is -2.56. The monoisotopic (exact) mass is 426 g/mol. The quantitative estimate of drug-likeness (QED) is 0.721. The van der Waals surface area contributed by atoms with Gasteiger partial charge in [-0.25, -0.2) is 9.97 Å². The fraction of sp³-hybridized carbons (Fsp3) is 0.682. The standard InChI is InChI=1S/C22H30N6O3/c1-13-7-19(25-12-24-13)27-10-14-8-15(11-27)18(28-17(14)3-2-4-21(28)30)9-23-22(31)16-5-6-20(29)26-16/h7,12,14-18H,2-6,8-11H2,1H3,(H,23,31)(H,26,29)/t14-,15+,16-,17+,18+/m1/s1. The number of anilines is 1. The molecule has 9 heteroatoms. The second kappa shape index (κ2) is 8.09. The lowest BCUT2D eigenvalue weighted by atomic mass is 9.72. The molecule has 4 aliphatic rings. The van der Waals surface area contributed by atoms with Crippen LogP contribution in [-0.4, -0.2) is 70.3 Å². The number of rotatable bonds is 4. The number of carbonyl (C=O) groups excluding carboxylic acids is 3. The molecule has 9 nitrogen and oxygen atoms in total. The lowest BCUT2D eigenvalue weighted by molar-refractivity contribution is -0.149. The fourth-order valence-corrected chi connectivity index (χ4v) is 5.98. The summed E-state index contributed by atoms with van der Waals surface area (Å²) in [7, 11) is 0. The van der Waals surface area contributed by atoms with E-state index in [9.17, 15) is 14.4 Å². The smallest absolute Gasteiger partial charge is 0.242 e. The van der Waals surface area contributed by atoms with Gasteiger partial charge in [0.15, 0.2) is 0 Å². The van der Waals surface area contributed by atoms with E-state index in [1.54, 1.807) is 6.33 Å². The van der Waals surface area contributed by atoms with Crippen molar-refractivity contribution in [2.75, 3.05) is 24.5 Å². The Morgan fingerprint density at radius 2 is 2.03 bits per heavy atom. The molecular weight excluding hydrogens is 396 g/mol. The van der Waals surface area contributed by atoms with Crippen LogP contribution in [-0.2, 0) is 14.4 Å². The van der Waals surface area contributed by atoms with Gasteiger partial charge in [0.25, 0.3) is 0 Å². The molecule has 0 unspecified atom stereocenters. The van der Waals surface area contributed by atoms with Crippen molar-refractivity contribution in [3.05, 3.63) is 18.1 Å². The van der Waals surface area contributed by atoms with E-state index in [1.807, 2.05) is 13.0 Å². The second-order valence-electron chi connectivity index (χ2n) is 9.41. The third-order valence-electron chi connectivity index (χ3n) is 7.41. The Labute approximate surface area is 182 Å². The van der Waals surface area contributed by atoms with Crippen molar-refractivity contribution < 1.29 is 14.4 Å². The highest BCUT2D eigenvalue weighted by Gasteiger charge is 2.49. The van der Waals surface area contributed by atoms with Crippen LogP contribution in [0, 0.1) is 18.8 Å². The highest BCUT2D eigenvalue weighted by molar-refractivity contribution is 5.90. The Kier molecular flexibility index (Phi) is 5.27. The molecule has 0 radical (unpaired) electrons. The zero-order valence-electron chi connectivity index (χ0n) is 17.9. The predicted molar refractivity (Wildman–Crippen MR) is 113 cm³/mol. The first-order valence-electron chi connectivity index (χ1n) is 11.4. The van der Waals surface area contributed by atoms with E-state index < -0.39 is 6.04 Å². The van der Waals surface area contributed by atoms with Gasteiger partial charge in [-0.3, -0.25) is 14.4 Å². The van der Waals surface area contributed by atoms with E-state index in [0.717, 1.165) is 43.9 Å². The van der Waals surface area contributed by atoms with Crippen LogP contribution < -0.4 is 15.5 Å². The molecule has 0 aliphatic carbocycles. The van der Waals surface area contributed by atoms with Crippen LogP contribution in [0.25, 0.3) is 0 Å². The third kappa shape index (κ3) is 3.85. The lowest BCUT2D eigenvalue weighted by Crippen LogP contribution is -2.67. The summed E-state index contributed by atoms with van der Waals surface area (Å²) in [5, 5.41) is 5.77. The average molecular weight is 427 g/mol. The minimum absolute atomic E-state index is 0.0270. The molecule has 1 aromatic rings. The Morgan fingerprint density at radius 3 is 2.81 bits per heavy atom. The fourth-order valence-electron chi connectivity index (χ4n) is 5.98. The predicted octanol–water partition coefficient (Wildman–Crippen LogP) is 0.386. The van der Waals surface area contributed by atoms with Gasteiger partial charge >= 0.3 is 0 Å². The Hall–Kier alpha value is -2.71. The van der Waals surface area contributed by atoms with E-state index in [4.69, 9.17) is 0 Å². The first-order chi connectivity index (χ1) is 15.0. The third-order valence-corrected chi connectivity index (χ3v) is 7.41. The summed E-state index contributed by atoms with van der Waals surface area (Å²) >= 11 is 0. The highest BCUT2D eigenvalue weighted by Crippen LogP contribution is 2.42. The van der Waals surface area contributed by atoms with Gasteiger partial charge in [0.05, 0.1) is 6.04 Å². The van der Waals surface area contributed by atoms with E-state index in [2.05, 4.69) is 30.4 Å². The maximum Gasteiger partial charge on any atom is 0.242 e. The van der Waals surface area contributed by atoms with Crippen LogP contribution in [0.2, 0.25) is 0 Å². The van der Waals surface area contributed by atoms with Crippen LogP contribution in [0.15, 0.2) is 12.4 Å². The van der Waals surface area contributed by atoms with Crippen LogP contribution in [0.4, 0.5) is 5.82 Å². The molecule has 5 rings (SSSR count). The van der Waals surface area contributed by atoms with Gasteiger partial charge in [0, 0.05) is 50.3 Å². The summed E-state index contributed by atoms with van der Waals surface area (Å²) < 4.78 is 0. The van der Waals surface area contributed by atoms with Gasteiger partial charge in [-0.05, 0) is 44.4 Å².